The molecule has 4 rings (SSSR count). The summed E-state index contributed by atoms with van der Waals surface area (Å²) in [6.45, 7) is 5.76. The highest BCUT2D eigenvalue weighted by atomic mass is 35.5. The van der Waals surface area contributed by atoms with Crippen molar-refractivity contribution in [1.29, 1.82) is 0 Å². The van der Waals surface area contributed by atoms with E-state index in [0.29, 0.717) is 33.7 Å². The van der Waals surface area contributed by atoms with Gasteiger partial charge in [0.2, 0.25) is 5.78 Å². The maximum Gasteiger partial charge on any atom is 0.270 e. The lowest BCUT2D eigenvalue weighted by Gasteiger charge is -2.22. The zero-order chi connectivity index (χ0) is 26.2. The molecule has 0 radical (unpaired) electrons. The van der Waals surface area contributed by atoms with Gasteiger partial charge in [-0.15, -0.1) is 22.7 Å². The number of carbonyl (C=O) groups excluding carboxylic acids is 2. The molecule has 0 bridgehead atoms. The summed E-state index contributed by atoms with van der Waals surface area (Å²) in [6, 6.07) is 7.10. The first kappa shape index (κ1) is 26.3. The Kier molecular flexibility index (Phi) is 7.51. The van der Waals surface area contributed by atoms with Crippen LogP contribution in [0.1, 0.15) is 40.9 Å². The lowest BCUT2D eigenvalue weighted by atomic mass is 9.96. The van der Waals surface area contributed by atoms with Crippen LogP contribution in [0.2, 0.25) is 9.36 Å². The molecule has 0 saturated heterocycles. The van der Waals surface area contributed by atoms with Gasteiger partial charge in [0, 0.05) is 40.5 Å². The molecule has 0 amide bonds. The molecule has 0 aromatic carbocycles. The number of nitrogens with zero attached hydrogens (tertiary/aromatic N) is 5. The zero-order valence-electron chi connectivity index (χ0n) is 20.0. The van der Waals surface area contributed by atoms with Crippen LogP contribution in [0.5, 0.6) is 0 Å². The van der Waals surface area contributed by atoms with E-state index in [4.69, 9.17) is 23.2 Å². The Labute approximate surface area is 225 Å². The summed E-state index contributed by atoms with van der Waals surface area (Å²) in [4.78, 5) is 45.5. The van der Waals surface area contributed by atoms with Gasteiger partial charge in [-0.2, -0.15) is 9.78 Å². The SMILES string of the molecule is CN(Cc1ccc(Cl)s1)c1cc(-c2ccn(CC(=O)c3cscn3)c(=O)c2Cl)nn1C(=O)C(C)(C)C. The van der Waals surface area contributed by atoms with E-state index in [1.807, 2.05) is 44.9 Å². The van der Waals surface area contributed by atoms with Crippen LogP contribution in [0.3, 0.4) is 0 Å². The number of thiophene rings is 1. The molecule has 12 heteroatoms. The maximum absolute atomic E-state index is 13.2. The molecular formula is C24H23Cl2N5O3S2. The monoisotopic (exact) mass is 563 g/mol. The van der Waals surface area contributed by atoms with Crippen LogP contribution in [0.25, 0.3) is 11.3 Å². The first-order valence-corrected chi connectivity index (χ1v) is 13.4. The number of rotatable bonds is 7. The fraction of sp³-hybridized carbons (Fsp3) is 0.292. The van der Waals surface area contributed by atoms with E-state index in [0.717, 1.165) is 4.88 Å². The minimum Gasteiger partial charge on any atom is -0.354 e. The van der Waals surface area contributed by atoms with Gasteiger partial charge >= 0.3 is 0 Å². The number of carbonyl (C=O) groups is 2. The first-order chi connectivity index (χ1) is 17.0. The molecule has 8 nitrogen and oxygen atoms in total. The van der Waals surface area contributed by atoms with Crippen LogP contribution in [0.15, 0.2) is 46.1 Å². The molecule has 0 aliphatic rings. The van der Waals surface area contributed by atoms with Crippen molar-refractivity contribution in [2.24, 2.45) is 5.41 Å². The lowest BCUT2D eigenvalue weighted by Crippen LogP contribution is -2.31. The van der Waals surface area contributed by atoms with E-state index in [9.17, 15) is 14.4 Å². The van der Waals surface area contributed by atoms with Gasteiger partial charge in [0.05, 0.1) is 28.6 Å². The molecular weight excluding hydrogens is 541 g/mol. The molecule has 0 spiro atoms. The number of thiazole rings is 1. The van der Waals surface area contributed by atoms with E-state index >= 15 is 0 Å². The minimum atomic E-state index is -0.700. The summed E-state index contributed by atoms with van der Waals surface area (Å²) in [6.07, 6.45) is 1.50. The summed E-state index contributed by atoms with van der Waals surface area (Å²) in [7, 11) is 1.85. The van der Waals surface area contributed by atoms with Crippen LogP contribution in [-0.2, 0) is 13.1 Å². The van der Waals surface area contributed by atoms with Crippen molar-refractivity contribution < 1.29 is 9.59 Å². The molecule has 188 valence electrons. The van der Waals surface area contributed by atoms with E-state index in [1.165, 1.54) is 38.1 Å². The molecule has 0 unspecified atom stereocenters. The Morgan fingerprint density at radius 3 is 2.53 bits per heavy atom. The minimum absolute atomic E-state index is 0.0873. The Balaban J connectivity index is 1.71. The second-order valence-corrected chi connectivity index (χ2v) is 12.1. The van der Waals surface area contributed by atoms with Crippen molar-refractivity contribution in [3.05, 3.63) is 71.6 Å². The molecule has 0 saturated carbocycles. The highest BCUT2D eigenvalue weighted by Crippen LogP contribution is 2.31. The molecule has 4 aromatic rings. The normalized spacial score (nSPS) is 11.6. The number of ketones is 1. The Bertz CT molecular complexity index is 1480. The number of hydrogen-bond donors (Lipinski definition) is 0. The van der Waals surface area contributed by atoms with E-state index in [2.05, 4.69) is 10.1 Å². The third kappa shape index (κ3) is 5.46. The predicted octanol–water partition coefficient (Wildman–Crippen LogP) is 5.74. The van der Waals surface area contributed by atoms with Gasteiger partial charge in [-0.3, -0.25) is 14.4 Å². The van der Waals surface area contributed by atoms with Crippen molar-refractivity contribution >= 4 is 63.4 Å². The van der Waals surface area contributed by atoms with Crippen LogP contribution in [0, 0.1) is 5.41 Å². The van der Waals surface area contributed by atoms with Crippen LogP contribution in [0.4, 0.5) is 5.82 Å². The summed E-state index contributed by atoms with van der Waals surface area (Å²) >= 11 is 15.3. The molecule has 0 atom stereocenters. The van der Waals surface area contributed by atoms with Crippen LogP contribution in [-0.4, -0.2) is 38.1 Å². The maximum atomic E-state index is 13.2. The highest BCUT2D eigenvalue weighted by molar-refractivity contribution is 7.16. The smallest absolute Gasteiger partial charge is 0.270 e. The summed E-state index contributed by atoms with van der Waals surface area (Å²) in [5.41, 5.74) is 1.37. The molecule has 4 heterocycles. The fourth-order valence-electron chi connectivity index (χ4n) is 3.45. The van der Waals surface area contributed by atoms with Gasteiger partial charge in [0.1, 0.15) is 16.5 Å². The molecule has 0 fully saturated rings. The topological polar surface area (TPSA) is 90.1 Å². The fourth-order valence-corrected chi connectivity index (χ4v) is 5.41. The average Bonchev–Trinajstić information content (AvgIpc) is 3.57. The van der Waals surface area contributed by atoms with E-state index in [1.54, 1.807) is 23.0 Å². The molecule has 0 N–H and O–H groups in total. The number of Topliss-reactive ketones (excluding diaryl/α,β-unsaturated/α-hetero) is 1. The van der Waals surface area contributed by atoms with Gasteiger partial charge in [0.25, 0.3) is 11.5 Å². The molecule has 0 aliphatic carbocycles. The largest absolute Gasteiger partial charge is 0.354 e. The Hall–Kier alpha value is -2.79. The quantitative estimate of drug-likeness (QED) is 0.266. The number of pyridine rings is 1. The number of anilines is 1. The summed E-state index contributed by atoms with van der Waals surface area (Å²) in [5, 5.41) is 6.08. The Morgan fingerprint density at radius 2 is 1.92 bits per heavy atom. The van der Waals surface area contributed by atoms with Crippen molar-refractivity contribution in [3.63, 3.8) is 0 Å². The van der Waals surface area contributed by atoms with Gasteiger partial charge in [-0.25, -0.2) is 4.98 Å². The molecule has 36 heavy (non-hydrogen) atoms. The molecule has 4 aromatic heterocycles. The Morgan fingerprint density at radius 1 is 1.17 bits per heavy atom. The van der Waals surface area contributed by atoms with Crippen LogP contribution < -0.4 is 10.5 Å². The van der Waals surface area contributed by atoms with Gasteiger partial charge < -0.3 is 9.47 Å². The second-order valence-electron chi connectivity index (χ2n) is 9.19. The summed E-state index contributed by atoms with van der Waals surface area (Å²) in [5.74, 6) is 0.0475. The summed E-state index contributed by atoms with van der Waals surface area (Å²) < 4.78 is 3.26. The predicted molar refractivity (Wildman–Crippen MR) is 145 cm³/mol. The van der Waals surface area contributed by atoms with Crippen molar-refractivity contribution in [2.75, 3.05) is 11.9 Å². The standard InChI is InChI=1S/C24H23Cl2N5O3S2/c1-24(2,3)23(34)31-20(29(4)10-14-5-6-19(25)36-14)9-16(28-31)15-7-8-30(22(33)21(15)26)11-18(32)17-12-35-13-27-17/h5-9,12-13H,10-11H2,1-4H3. The van der Waals surface area contributed by atoms with E-state index < -0.39 is 11.0 Å². The van der Waals surface area contributed by atoms with Gasteiger partial charge in [-0.05, 0) is 18.2 Å². The van der Waals surface area contributed by atoms with Crippen molar-refractivity contribution in [2.45, 2.75) is 33.9 Å². The third-order valence-corrected chi connectivity index (χ3v) is 7.52. The van der Waals surface area contributed by atoms with Crippen molar-refractivity contribution in [3.8, 4) is 11.3 Å². The number of aromatic nitrogens is 4. The third-order valence-electron chi connectivity index (χ3n) is 5.35. The van der Waals surface area contributed by atoms with Gasteiger partial charge in [0.15, 0.2) is 0 Å². The zero-order valence-corrected chi connectivity index (χ0v) is 23.1. The van der Waals surface area contributed by atoms with E-state index in [-0.39, 0.29) is 23.3 Å². The van der Waals surface area contributed by atoms with Crippen LogP contribution >= 0.6 is 45.9 Å². The lowest BCUT2D eigenvalue weighted by molar-refractivity contribution is 0.0751. The average molecular weight is 565 g/mol. The number of halogens is 2. The molecule has 0 aliphatic heterocycles. The first-order valence-electron chi connectivity index (χ1n) is 10.9. The number of hydrogen-bond acceptors (Lipinski definition) is 8. The highest BCUT2D eigenvalue weighted by Gasteiger charge is 2.29. The van der Waals surface area contributed by atoms with Gasteiger partial charge in [-0.1, -0.05) is 44.0 Å². The second kappa shape index (κ2) is 10.3. The van der Waals surface area contributed by atoms with Crippen molar-refractivity contribution in [1.82, 2.24) is 19.3 Å².